The van der Waals surface area contributed by atoms with Gasteiger partial charge in [-0.3, -0.25) is 4.68 Å². The molecule has 17 heavy (non-hydrogen) atoms. The Morgan fingerprint density at radius 3 is 2.59 bits per heavy atom. The Morgan fingerprint density at radius 1 is 1.35 bits per heavy atom. The first kappa shape index (κ1) is 11.8. The molecular formula is C13H16FN3. The molecule has 0 fully saturated rings. The Balaban J connectivity index is 2.60. The highest BCUT2D eigenvalue weighted by Gasteiger charge is 2.12. The fourth-order valence-electron chi connectivity index (χ4n) is 2.08. The van der Waals surface area contributed by atoms with Crippen molar-refractivity contribution in [2.75, 3.05) is 0 Å². The fraction of sp³-hybridized carbons (Fsp3) is 0.308. The monoisotopic (exact) mass is 233 g/mol. The number of benzene rings is 1. The van der Waals surface area contributed by atoms with E-state index in [9.17, 15) is 4.39 Å². The minimum atomic E-state index is -0.254. The second kappa shape index (κ2) is 4.30. The van der Waals surface area contributed by atoms with Gasteiger partial charge in [-0.15, -0.1) is 0 Å². The van der Waals surface area contributed by atoms with Gasteiger partial charge in [0.25, 0.3) is 0 Å². The van der Waals surface area contributed by atoms with Crippen molar-refractivity contribution in [3.05, 3.63) is 41.0 Å². The van der Waals surface area contributed by atoms with Crippen LogP contribution in [-0.4, -0.2) is 9.78 Å². The van der Waals surface area contributed by atoms with Crippen LogP contribution in [0.15, 0.2) is 18.2 Å². The summed E-state index contributed by atoms with van der Waals surface area (Å²) in [5.74, 6) is -0.254. The first-order chi connectivity index (χ1) is 8.04. The van der Waals surface area contributed by atoms with E-state index in [0.717, 1.165) is 22.5 Å². The molecule has 0 radical (unpaired) electrons. The molecule has 1 aromatic heterocycles. The maximum absolute atomic E-state index is 13.4. The number of aryl methyl sites for hydroxylation is 2. The number of nitrogens with two attached hydrogens (primary N) is 1. The molecule has 0 atom stereocenters. The highest BCUT2D eigenvalue weighted by atomic mass is 19.1. The van der Waals surface area contributed by atoms with E-state index in [-0.39, 0.29) is 12.4 Å². The molecular weight excluding hydrogens is 217 g/mol. The summed E-state index contributed by atoms with van der Waals surface area (Å²) >= 11 is 0. The van der Waals surface area contributed by atoms with Crippen LogP contribution in [0.1, 0.15) is 17.0 Å². The molecule has 0 spiro atoms. The number of aromatic nitrogens is 2. The number of halogens is 1. The molecule has 1 aromatic carbocycles. The standard InChI is InChI=1S/C13H16FN3/c1-8-13(9(2)17(3)16-8)10-4-5-12(14)11(6-10)7-15/h4-6H,7,15H2,1-3H3. The van der Waals surface area contributed by atoms with Crippen LogP contribution in [0.4, 0.5) is 4.39 Å². The summed E-state index contributed by atoms with van der Waals surface area (Å²) in [6.45, 7) is 4.16. The topological polar surface area (TPSA) is 43.8 Å². The van der Waals surface area contributed by atoms with Gasteiger partial charge in [-0.25, -0.2) is 4.39 Å². The van der Waals surface area contributed by atoms with Gasteiger partial charge >= 0.3 is 0 Å². The van der Waals surface area contributed by atoms with E-state index in [1.54, 1.807) is 12.1 Å². The molecule has 0 aliphatic carbocycles. The van der Waals surface area contributed by atoms with Crippen LogP contribution in [0.3, 0.4) is 0 Å². The largest absolute Gasteiger partial charge is 0.326 e. The predicted octanol–water partition coefficient (Wildman–Crippen LogP) is 2.30. The van der Waals surface area contributed by atoms with Gasteiger partial charge in [0.15, 0.2) is 0 Å². The molecule has 0 amide bonds. The van der Waals surface area contributed by atoms with Crippen LogP contribution in [-0.2, 0) is 13.6 Å². The average Bonchev–Trinajstić information content (AvgIpc) is 2.55. The summed E-state index contributed by atoms with van der Waals surface area (Å²) in [6, 6.07) is 5.03. The zero-order valence-corrected chi connectivity index (χ0v) is 10.3. The molecule has 0 aliphatic heterocycles. The van der Waals surface area contributed by atoms with Gasteiger partial charge in [-0.2, -0.15) is 5.10 Å². The average molecular weight is 233 g/mol. The van der Waals surface area contributed by atoms with E-state index in [2.05, 4.69) is 5.10 Å². The van der Waals surface area contributed by atoms with Crippen LogP contribution in [0, 0.1) is 19.7 Å². The van der Waals surface area contributed by atoms with Crippen molar-refractivity contribution >= 4 is 0 Å². The molecule has 90 valence electrons. The molecule has 3 nitrogen and oxygen atoms in total. The zero-order valence-electron chi connectivity index (χ0n) is 10.3. The summed E-state index contributed by atoms with van der Waals surface area (Å²) in [7, 11) is 1.90. The lowest BCUT2D eigenvalue weighted by atomic mass is 10.0. The van der Waals surface area contributed by atoms with Crippen LogP contribution < -0.4 is 5.73 Å². The maximum atomic E-state index is 13.4. The lowest BCUT2D eigenvalue weighted by molar-refractivity contribution is 0.611. The summed E-state index contributed by atoms with van der Waals surface area (Å²) < 4.78 is 15.2. The number of hydrogen-bond donors (Lipinski definition) is 1. The van der Waals surface area contributed by atoms with Crippen molar-refractivity contribution in [3.63, 3.8) is 0 Å². The van der Waals surface area contributed by atoms with E-state index in [1.165, 1.54) is 6.07 Å². The maximum Gasteiger partial charge on any atom is 0.127 e. The Morgan fingerprint density at radius 2 is 2.06 bits per heavy atom. The lowest BCUT2D eigenvalue weighted by Gasteiger charge is -2.06. The Bertz CT molecular complexity index is 558. The minimum Gasteiger partial charge on any atom is -0.326 e. The van der Waals surface area contributed by atoms with E-state index in [0.29, 0.717) is 5.56 Å². The molecule has 0 bridgehead atoms. The van der Waals surface area contributed by atoms with Crippen LogP contribution in [0.5, 0.6) is 0 Å². The Labute approximate surface area is 100 Å². The summed E-state index contributed by atoms with van der Waals surface area (Å²) in [4.78, 5) is 0. The van der Waals surface area contributed by atoms with Gasteiger partial charge in [-0.05, 0) is 31.5 Å². The smallest absolute Gasteiger partial charge is 0.127 e. The second-order valence-electron chi connectivity index (χ2n) is 4.18. The third kappa shape index (κ3) is 1.96. The Hall–Kier alpha value is -1.68. The van der Waals surface area contributed by atoms with E-state index in [1.807, 2.05) is 25.6 Å². The van der Waals surface area contributed by atoms with Crippen LogP contribution >= 0.6 is 0 Å². The fourth-order valence-corrected chi connectivity index (χ4v) is 2.08. The second-order valence-corrected chi connectivity index (χ2v) is 4.18. The molecule has 0 unspecified atom stereocenters. The quantitative estimate of drug-likeness (QED) is 0.865. The first-order valence-electron chi connectivity index (χ1n) is 5.53. The van der Waals surface area contributed by atoms with Gasteiger partial charge in [-0.1, -0.05) is 6.07 Å². The number of nitrogens with zero attached hydrogens (tertiary/aromatic N) is 2. The van der Waals surface area contributed by atoms with Gasteiger partial charge in [0.05, 0.1) is 5.69 Å². The zero-order chi connectivity index (χ0) is 12.6. The molecule has 2 rings (SSSR count). The van der Waals surface area contributed by atoms with Crippen molar-refractivity contribution in [1.29, 1.82) is 0 Å². The molecule has 2 N–H and O–H groups in total. The van der Waals surface area contributed by atoms with Crippen molar-refractivity contribution < 1.29 is 4.39 Å². The van der Waals surface area contributed by atoms with Crippen molar-refractivity contribution in [1.82, 2.24) is 9.78 Å². The molecule has 4 heteroatoms. The third-order valence-corrected chi connectivity index (χ3v) is 3.06. The summed E-state index contributed by atoms with van der Waals surface area (Å²) in [6.07, 6.45) is 0. The van der Waals surface area contributed by atoms with Gasteiger partial charge in [0.1, 0.15) is 5.82 Å². The molecule has 0 aliphatic rings. The summed E-state index contributed by atoms with van der Waals surface area (Å²) in [5, 5.41) is 4.36. The normalized spacial score (nSPS) is 10.9. The molecule has 0 saturated carbocycles. The van der Waals surface area contributed by atoms with E-state index < -0.39 is 0 Å². The van der Waals surface area contributed by atoms with Crippen LogP contribution in [0.2, 0.25) is 0 Å². The molecule has 2 aromatic rings. The number of hydrogen-bond acceptors (Lipinski definition) is 2. The van der Waals surface area contributed by atoms with Gasteiger partial charge in [0, 0.05) is 30.4 Å². The predicted molar refractivity (Wildman–Crippen MR) is 66.0 cm³/mol. The van der Waals surface area contributed by atoms with E-state index in [4.69, 9.17) is 5.73 Å². The molecule has 1 heterocycles. The SMILES string of the molecule is Cc1nn(C)c(C)c1-c1ccc(F)c(CN)c1. The third-order valence-electron chi connectivity index (χ3n) is 3.06. The lowest BCUT2D eigenvalue weighted by Crippen LogP contribution is -2.00. The van der Waals surface area contributed by atoms with Crippen molar-refractivity contribution in [3.8, 4) is 11.1 Å². The minimum absolute atomic E-state index is 0.206. The highest BCUT2D eigenvalue weighted by Crippen LogP contribution is 2.27. The van der Waals surface area contributed by atoms with Crippen molar-refractivity contribution in [2.24, 2.45) is 12.8 Å². The number of rotatable bonds is 2. The summed E-state index contributed by atoms with van der Waals surface area (Å²) in [5.41, 5.74) is 10.1. The van der Waals surface area contributed by atoms with E-state index >= 15 is 0 Å². The Kier molecular flexibility index (Phi) is 2.98. The first-order valence-corrected chi connectivity index (χ1v) is 5.53. The molecule has 0 saturated heterocycles. The van der Waals surface area contributed by atoms with Gasteiger partial charge in [0.2, 0.25) is 0 Å². The van der Waals surface area contributed by atoms with Gasteiger partial charge < -0.3 is 5.73 Å². The van der Waals surface area contributed by atoms with Crippen LogP contribution in [0.25, 0.3) is 11.1 Å². The highest BCUT2D eigenvalue weighted by molar-refractivity contribution is 5.69. The van der Waals surface area contributed by atoms with Crippen molar-refractivity contribution in [2.45, 2.75) is 20.4 Å².